The molecule has 0 radical (unpaired) electrons. The molecule has 2 aromatic rings. The first-order valence-corrected chi connectivity index (χ1v) is 10.1. The lowest BCUT2D eigenvalue weighted by molar-refractivity contribution is 0.318. The van der Waals surface area contributed by atoms with Gasteiger partial charge in [0.15, 0.2) is 16.4 Å². The molecule has 0 spiro atoms. The third kappa shape index (κ3) is 6.13. The minimum atomic E-state index is -3.91. The summed E-state index contributed by atoms with van der Waals surface area (Å²) in [7, 11) is -3.91. The Bertz CT molecular complexity index is 932. The fraction of sp³-hybridized carbons (Fsp3) is 0.250. The average molecular weight is 386 g/mol. The molecular formula is C20H22N2O4S. The Morgan fingerprint density at radius 3 is 2.67 bits per heavy atom. The normalized spacial score (nSPS) is 11.8. The summed E-state index contributed by atoms with van der Waals surface area (Å²) < 4.78 is 32.5. The largest absolute Gasteiger partial charge is 0.504 e. The van der Waals surface area contributed by atoms with E-state index in [1.54, 1.807) is 13.0 Å². The molecule has 0 bridgehead atoms. The number of phenolic OH excluding ortho intramolecular Hbond substituents is 1. The molecule has 0 heterocycles. The summed E-state index contributed by atoms with van der Waals surface area (Å²) in [5.41, 5.74) is 1.57. The number of rotatable bonds is 9. The van der Waals surface area contributed by atoms with Gasteiger partial charge in [-0.2, -0.15) is 5.26 Å². The maximum atomic E-state index is 12.4. The summed E-state index contributed by atoms with van der Waals surface area (Å²) in [4.78, 5) is -0.393. The van der Waals surface area contributed by atoms with E-state index >= 15 is 0 Å². The van der Waals surface area contributed by atoms with Gasteiger partial charge in [0.05, 0.1) is 6.61 Å². The quantitative estimate of drug-likeness (QED) is 0.509. The van der Waals surface area contributed by atoms with Crippen molar-refractivity contribution in [3.05, 3.63) is 64.6 Å². The highest BCUT2D eigenvalue weighted by Gasteiger charge is 2.17. The number of hydrogen-bond donors (Lipinski definition) is 2. The number of phenols is 1. The Balaban J connectivity index is 2.05. The molecule has 0 atom stereocenters. The van der Waals surface area contributed by atoms with Crippen LogP contribution >= 0.6 is 0 Å². The second kappa shape index (κ2) is 9.76. The van der Waals surface area contributed by atoms with Crippen molar-refractivity contribution < 1.29 is 18.3 Å². The summed E-state index contributed by atoms with van der Waals surface area (Å²) in [6.45, 7) is 2.36. The summed E-state index contributed by atoms with van der Waals surface area (Å²) >= 11 is 0. The van der Waals surface area contributed by atoms with Crippen LogP contribution in [0.3, 0.4) is 0 Å². The van der Waals surface area contributed by atoms with Crippen molar-refractivity contribution in [3.63, 3.8) is 0 Å². The standard InChI is InChI=1S/C20H22N2O4S/c1-2-26-20-14-17(10-11-19(20)23)13-18(15-21)27(24,25)22-12-6-9-16-7-4-3-5-8-16/h3-5,7-8,10-11,13-14,22-23H,2,6,9,12H2,1H3/b18-13-. The van der Waals surface area contributed by atoms with Gasteiger partial charge in [-0.1, -0.05) is 36.4 Å². The van der Waals surface area contributed by atoms with Gasteiger partial charge in [-0.05, 0) is 49.1 Å². The smallest absolute Gasteiger partial charge is 0.250 e. The van der Waals surface area contributed by atoms with Crippen LogP contribution in [0, 0.1) is 11.3 Å². The van der Waals surface area contributed by atoms with Crippen LogP contribution in [-0.4, -0.2) is 26.7 Å². The zero-order chi connectivity index (χ0) is 19.7. The highest BCUT2D eigenvalue weighted by Crippen LogP contribution is 2.28. The van der Waals surface area contributed by atoms with Crippen molar-refractivity contribution in [1.29, 1.82) is 5.26 Å². The van der Waals surface area contributed by atoms with Gasteiger partial charge in [-0.3, -0.25) is 0 Å². The third-order valence-corrected chi connectivity index (χ3v) is 5.13. The zero-order valence-electron chi connectivity index (χ0n) is 15.1. The first-order valence-electron chi connectivity index (χ1n) is 8.57. The van der Waals surface area contributed by atoms with E-state index in [2.05, 4.69) is 4.72 Å². The van der Waals surface area contributed by atoms with E-state index in [0.717, 1.165) is 12.0 Å². The van der Waals surface area contributed by atoms with Gasteiger partial charge in [0.1, 0.15) is 6.07 Å². The number of nitriles is 1. The van der Waals surface area contributed by atoms with E-state index in [9.17, 15) is 18.8 Å². The number of aryl methyl sites for hydroxylation is 1. The summed E-state index contributed by atoms with van der Waals surface area (Å²) in [6.07, 6.45) is 2.61. The van der Waals surface area contributed by atoms with E-state index in [0.29, 0.717) is 18.6 Å². The van der Waals surface area contributed by atoms with Crippen LogP contribution in [-0.2, 0) is 16.4 Å². The van der Waals surface area contributed by atoms with Crippen molar-refractivity contribution >= 4 is 16.1 Å². The Morgan fingerprint density at radius 1 is 1.26 bits per heavy atom. The molecule has 7 heteroatoms. The lowest BCUT2D eigenvalue weighted by Gasteiger charge is -2.08. The predicted octanol–water partition coefficient (Wildman–Crippen LogP) is 3.21. The second-order valence-corrected chi connectivity index (χ2v) is 7.50. The topological polar surface area (TPSA) is 99.4 Å². The number of ether oxygens (including phenoxy) is 1. The van der Waals surface area contributed by atoms with E-state index in [4.69, 9.17) is 4.74 Å². The SMILES string of the molecule is CCOc1cc(/C=C(/C#N)S(=O)(=O)NCCCc2ccccc2)ccc1O. The molecule has 0 aliphatic heterocycles. The van der Waals surface area contributed by atoms with Gasteiger partial charge in [0.25, 0.3) is 10.0 Å². The number of allylic oxidation sites excluding steroid dienone is 1. The van der Waals surface area contributed by atoms with Gasteiger partial charge in [-0.15, -0.1) is 0 Å². The van der Waals surface area contributed by atoms with Gasteiger partial charge in [-0.25, -0.2) is 13.1 Å². The summed E-state index contributed by atoms with van der Waals surface area (Å²) in [5.74, 6) is 0.186. The Hall–Kier alpha value is -2.82. The monoisotopic (exact) mass is 386 g/mol. The molecule has 0 saturated heterocycles. The molecule has 0 fully saturated rings. The maximum Gasteiger partial charge on any atom is 0.250 e. The van der Waals surface area contributed by atoms with Gasteiger partial charge >= 0.3 is 0 Å². The van der Waals surface area contributed by atoms with Crippen LogP contribution in [0.5, 0.6) is 11.5 Å². The van der Waals surface area contributed by atoms with Crippen molar-refractivity contribution in [3.8, 4) is 17.6 Å². The van der Waals surface area contributed by atoms with Crippen LogP contribution < -0.4 is 9.46 Å². The minimum Gasteiger partial charge on any atom is -0.504 e. The molecule has 142 valence electrons. The maximum absolute atomic E-state index is 12.4. The minimum absolute atomic E-state index is 0.0469. The van der Waals surface area contributed by atoms with E-state index in [1.165, 1.54) is 24.3 Å². The average Bonchev–Trinajstić information content (AvgIpc) is 2.66. The number of nitrogens with zero attached hydrogens (tertiary/aromatic N) is 1. The van der Waals surface area contributed by atoms with E-state index < -0.39 is 14.9 Å². The molecule has 6 nitrogen and oxygen atoms in total. The molecule has 0 unspecified atom stereocenters. The molecule has 0 aliphatic rings. The Morgan fingerprint density at radius 2 is 2.00 bits per heavy atom. The first-order chi connectivity index (χ1) is 13.0. The van der Waals surface area contributed by atoms with E-state index in [-0.39, 0.29) is 18.0 Å². The molecule has 2 rings (SSSR count). The van der Waals surface area contributed by atoms with Crippen LogP contribution in [0.25, 0.3) is 6.08 Å². The fourth-order valence-corrected chi connectivity index (χ4v) is 3.41. The van der Waals surface area contributed by atoms with Crippen molar-refractivity contribution in [2.24, 2.45) is 0 Å². The second-order valence-electron chi connectivity index (χ2n) is 5.77. The number of nitrogens with one attached hydrogen (secondary N) is 1. The van der Waals surface area contributed by atoms with Gasteiger partial charge in [0, 0.05) is 6.54 Å². The predicted molar refractivity (Wildman–Crippen MR) is 105 cm³/mol. The number of sulfonamides is 1. The Labute approximate surface area is 159 Å². The molecule has 2 N–H and O–H groups in total. The van der Waals surface area contributed by atoms with Crippen LogP contribution in [0.15, 0.2) is 53.4 Å². The van der Waals surface area contributed by atoms with Crippen LogP contribution in [0.4, 0.5) is 0 Å². The van der Waals surface area contributed by atoms with Crippen molar-refractivity contribution in [2.45, 2.75) is 19.8 Å². The van der Waals surface area contributed by atoms with Crippen molar-refractivity contribution in [1.82, 2.24) is 4.72 Å². The lowest BCUT2D eigenvalue weighted by atomic mass is 10.1. The number of hydrogen-bond acceptors (Lipinski definition) is 5. The van der Waals surface area contributed by atoms with Crippen LogP contribution in [0.1, 0.15) is 24.5 Å². The van der Waals surface area contributed by atoms with Gasteiger partial charge in [0.2, 0.25) is 0 Å². The van der Waals surface area contributed by atoms with E-state index in [1.807, 2.05) is 30.3 Å². The lowest BCUT2D eigenvalue weighted by Crippen LogP contribution is -2.26. The molecule has 27 heavy (non-hydrogen) atoms. The first kappa shape index (κ1) is 20.5. The summed E-state index contributed by atoms with van der Waals surface area (Å²) in [6, 6.07) is 15.9. The Kier molecular flexibility index (Phi) is 7.41. The number of benzene rings is 2. The summed E-state index contributed by atoms with van der Waals surface area (Å²) in [5, 5.41) is 19.0. The molecule has 0 saturated carbocycles. The molecule has 0 amide bonds. The number of aromatic hydroxyl groups is 1. The molecule has 0 aromatic heterocycles. The zero-order valence-corrected chi connectivity index (χ0v) is 15.9. The molecule has 2 aromatic carbocycles. The van der Waals surface area contributed by atoms with Crippen molar-refractivity contribution in [2.75, 3.05) is 13.2 Å². The highest BCUT2D eigenvalue weighted by molar-refractivity contribution is 7.93. The molecular weight excluding hydrogens is 364 g/mol. The highest BCUT2D eigenvalue weighted by atomic mass is 32.2. The fourth-order valence-electron chi connectivity index (χ4n) is 2.43. The van der Waals surface area contributed by atoms with Crippen LogP contribution in [0.2, 0.25) is 0 Å². The molecule has 0 aliphatic carbocycles. The van der Waals surface area contributed by atoms with Gasteiger partial charge < -0.3 is 9.84 Å². The third-order valence-electron chi connectivity index (χ3n) is 3.76.